The fourth-order valence-corrected chi connectivity index (χ4v) is 1.80. The van der Waals surface area contributed by atoms with E-state index in [0.29, 0.717) is 23.2 Å². The maximum atomic E-state index is 5.97. The van der Waals surface area contributed by atoms with Crippen molar-refractivity contribution in [2.45, 2.75) is 6.54 Å². The SMILES string of the molecule is COc1ccc(CNc2ccc(Cl)c(OC)c2)cn1. The highest BCUT2D eigenvalue weighted by atomic mass is 35.5. The molecule has 1 heterocycles. The van der Waals surface area contributed by atoms with Crippen LogP contribution in [0.5, 0.6) is 11.6 Å². The summed E-state index contributed by atoms with van der Waals surface area (Å²) >= 11 is 5.97. The number of benzene rings is 1. The van der Waals surface area contributed by atoms with Gasteiger partial charge < -0.3 is 14.8 Å². The Balaban J connectivity index is 2.01. The molecule has 2 aromatic rings. The van der Waals surface area contributed by atoms with Gasteiger partial charge in [-0.2, -0.15) is 0 Å². The number of pyridine rings is 1. The lowest BCUT2D eigenvalue weighted by atomic mass is 10.2. The summed E-state index contributed by atoms with van der Waals surface area (Å²) in [6.45, 7) is 0.668. The van der Waals surface area contributed by atoms with E-state index in [9.17, 15) is 0 Å². The molecule has 19 heavy (non-hydrogen) atoms. The topological polar surface area (TPSA) is 43.4 Å². The first kappa shape index (κ1) is 13.5. The average Bonchev–Trinajstić information content (AvgIpc) is 2.47. The molecule has 0 saturated carbocycles. The Morgan fingerprint density at radius 3 is 2.63 bits per heavy atom. The number of rotatable bonds is 5. The first-order chi connectivity index (χ1) is 9.22. The number of hydrogen-bond acceptors (Lipinski definition) is 4. The molecule has 1 N–H and O–H groups in total. The van der Waals surface area contributed by atoms with Crippen molar-refractivity contribution in [3.05, 3.63) is 47.1 Å². The van der Waals surface area contributed by atoms with Crippen LogP contribution in [0, 0.1) is 0 Å². The van der Waals surface area contributed by atoms with E-state index >= 15 is 0 Å². The molecule has 0 spiro atoms. The van der Waals surface area contributed by atoms with Crippen molar-refractivity contribution in [2.24, 2.45) is 0 Å². The minimum atomic E-state index is 0.596. The monoisotopic (exact) mass is 278 g/mol. The van der Waals surface area contributed by atoms with Crippen LogP contribution in [0.15, 0.2) is 36.5 Å². The number of halogens is 1. The molecule has 0 aliphatic carbocycles. The molecule has 5 heteroatoms. The van der Waals surface area contributed by atoms with E-state index < -0.39 is 0 Å². The van der Waals surface area contributed by atoms with Gasteiger partial charge in [0, 0.05) is 30.6 Å². The molecule has 0 atom stereocenters. The van der Waals surface area contributed by atoms with Gasteiger partial charge in [0.05, 0.1) is 19.2 Å². The van der Waals surface area contributed by atoms with Crippen LogP contribution in [0.25, 0.3) is 0 Å². The number of anilines is 1. The zero-order valence-electron chi connectivity index (χ0n) is 10.8. The quantitative estimate of drug-likeness (QED) is 0.911. The van der Waals surface area contributed by atoms with E-state index in [2.05, 4.69) is 10.3 Å². The zero-order valence-corrected chi connectivity index (χ0v) is 11.6. The number of aromatic nitrogens is 1. The highest BCUT2D eigenvalue weighted by Crippen LogP contribution is 2.27. The van der Waals surface area contributed by atoms with E-state index in [-0.39, 0.29) is 0 Å². The van der Waals surface area contributed by atoms with Crippen LogP contribution in [-0.2, 0) is 6.54 Å². The van der Waals surface area contributed by atoms with Crippen molar-refractivity contribution in [1.82, 2.24) is 4.98 Å². The van der Waals surface area contributed by atoms with Gasteiger partial charge >= 0.3 is 0 Å². The van der Waals surface area contributed by atoms with Gasteiger partial charge in [0.25, 0.3) is 0 Å². The van der Waals surface area contributed by atoms with E-state index in [0.717, 1.165) is 11.3 Å². The summed E-state index contributed by atoms with van der Waals surface area (Å²) in [5, 5.41) is 3.88. The average molecular weight is 279 g/mol. The first-order valence-electron chi connectivity index (χ1n) is 5.79. The molecule has 100 valence electrons. The Morgan fingerprint density at radius 2 is 2.00 bits per heavy atom. The molecule has 1 aromatic heterocycles. The summed E-state index contributed by atoms with van der Waals surface area (Å²) in [7, 11) is 3.19. The molecule has 0 amide bonds. The largest absolute Gasteiger partial charge is 0.495 e. The molecule has 0 radical (unpaired) electrons. The Labute approximate surface area is 117 Å². The molecule has 2 rings (SSSR count). The molecule has 0 aliphatic heterocycles. The van der Waals surface area contributed by atoms with E-state index in [1.165, 1.54) is 0 Å². The van der Waals surface area contributed by atoms with Crippen LogP contribution in [-0.4, -0.2) is 19.2 Å². The van der Waals surface area contributed by atoms with Crippen molar-refractivity contribution in [1.29, 1.82) is 0 Å². The van der Waals surface area contributed by atoms with Crippen molar-refractivity contribution < 1.29 is 9.47 Å². The van der Waals surface area contributed by atoms with Gasteiger partial charge in [-0.05, 0) is 17.7 Å². The smallest absolute Gasteiger partial charge is 0.212 e. The number of methoxy groups -OCH3 is 2. The summed E-state index contributed by atoms with van der Waals surface area (Å²) < 4.78 is 10.2. The summed E-state index contributed by atoms with van der Waals surface area (Å²) in [5.41, 5.74) is 2.01. The fourth-order valence-electron chi connectivity index (χ4n) is 1.61. The summed E-state index contributed by atoms with van der Waals surface area (Å²) in [6.07, 6.45) is 1.78. The molecule has 4 nitrogen and oxygen atoms in total. The maximum absolute atomic E-state index is 5.97. The lowest BCUT2D eigenvalue weighted by Gasteiger charge is -2.09. The number of hydrogen-bond donors (Lipinski definition) is 1. The summed E-state index contributed by atoms with van der Waals surface area (Å²) in [4.78, 5) is 4.15. The third kappa shape index (κ3) is 3.51. The first-order valence-corrected chi connectivity index (χ1v) is 6.17. The third-order valence-electron chi connectivity index (χ3n) is 2.65. The van der Waals surface area contributed by atoms with Gasteiger partial charge in [0.15, 0.2) is 0 Å². The van der Waals surface area contributed by atoms with Crippen molar-refractivity contribution >= 4 is 17.3 Å². The Hall–Kier alpha value is -1.94. The highest BCUT2D eigenvalue weighted by molar-refractivity contribution is 6.32. The number of nitrogens with one attached hydrogen (secondary N) is 1. The minimum Gasteiger partial charge on any atom is -0.495 e. The van der Waals surface area contributed by atoms with Crippen LogP contribution in [0.4, 0.5) is 5.69 Å². The maximum Gasteiger partial charge on any atom is 0.212 e. The molecule has 0 bridgehead atoms. The molecule has 0 fully saturated rings. The Kier molecular flexibility index (Phi) is 4.47. The standard InChI is InChI=1S/C14H15ClN2O2/c1-18-13-7-11(4-5-12(13)15)16-8-10-3-6-14(19-2)17-9-10/h3-7,9,16H,8H2,1-2H3. The van der Waals surface area contributed by atoms with Gasteiger partial charge in [0.2, 0.25) is 5.88 Å². The molecular formula is C14H15ClN2O2. The van der Waals surface area contributed by atoms with Crippen LogP contribution >= 0.6 is 11.6 Å². The van der Waals surface area contributed by atoms with Crippen LogP contribution < -0.4 is 14.8 Å². The highest BCUT2D eigenvalue weighted by Gasteiger charge is 2.02. The van der Waals surface area contributed by atoms with E-state index in [4.69, 9.17) is 21.1 Å². The Bertz CT molecular complexity index is 544. The summed E-state index contributed by atoms with van der Waals surface area (Å²) in [5.74, 6) is 1.26. The van der Waals surface area contributed by atoms with Gasteiger partial charge in [-0.3, -0.25) is 0 Å². The Morgan fingerprint density at radius 1 is 1.16 bits per heavy atom. The van der Waals surface area contributed by atoms with Gasteiger partial charge in [-0.25, -0.2) is 4.98 Å². The van der Waals surface area contributed by atoms with Crippen LogP contribution in [0.2, 0.25) is 5.02 Å². The second-order valence-electron chi connectivity index (χ2n) is 3.91. The number of nitrogens with zero attached hydrogens (tertiary/aromatic N) is 1. The van der Waals surface area contributed by atoms with Crippen molar-refractivity contribution in [3.63, 3.8) is 0 Å². The molecule has 1 aromatic carbocycles. The zero-order chi connectivity index (χ0) is 13.7. The second-order valence-corrected chi connectivity index (χ2v) is 4.32. The van der Waals surface area contributed by atoms with Gasteiger partial charge in [-0.1, -0.05) is 17.7 Å². The summed E-state index contributed by atoms with van der Waals surface area (Å²) in [6, 6.07) is 9.36. The lowest BCUT2D eigenvalue weighted by molar-refractivity contribution is 0.397. The van der Waals surface area contributed by atoms with Crippen molar-refractivity contribution in [2.75, 3.05) is 19.5 Å². The number of ether oxygens (including phenoxy) is 2. The van der Waals surface area contributed by atoms with Crippen molar-refractivity contribution in [3.8, 4) is 11.6 Å². The third-order valence-corrected chi connectivity index (χ3v) is 2.97. The second kappa shape index (κ2) is 6.29. The van der Waals surface area contributed by atoms with Crippen LogP contribution in [0.1, 0.15) is 5.56 Å². The van der Waals surface area contributed by atoms with Gasteiger partial charge in [0.1, 0.15) is 5.75 Å². The van der Waals surface area contributed by atoms with E-state index in [1.807, 2.05) is 24.3 Å². The minimum absolute atomic E-state index is 0.596. The molecule has 0 unspecified atom stereocenters. The fraction of sp³-hybridized carbons (Fsp3) is 0.214. The normalized spacial score (nSPS) is 10.1. The molecule has 0 aliphatic rings. The lowest BCUT2D eigenvalue weighted by Crippen LogP contribution is -2.00. The molecule has 0 saturated heterocycles. The van der Waals surface area contributed by atoms with Gasteiger partial charge in [-0.15, -0.1) is 0 Å². The molecular weight excluding hydrogens is 264 g/mol. The van der Waals surface area contributed by atoms with Crippen LogP contribution in [0.3, 0.4) is 0 Å². The van der Waals surface area contributed by atoms with E-state index in [1.54, 1.807) is 26.5 Å². The predicted octanol–water partition coefficient (Wildman–Crippen LogP) is 3.36. The predicted molar refractivity (Wildman–Crippen MR) is 76.1 cm³/mol.